The van der Waals surface area contributed by atoms with Crippen LogP contribution in [0, 0.1) is 22.7 Å². The molecule has 0 amide bonds. The van der Waals surface area contributed by atoms with Gasteiger partial charge < -0.3 is 0 Å². The molecule has 2 unspecified atom stereocenters. The highest BCUT2D eigenvalue weighted by Crippen LogP contribution is 2.54. The second-order valence-electron chi connectivity index (χ2n) is 9.65. The summed E-state index contributed by atoms with van der Waals surface area (Å²) < 4.78 is 0. The fourth-order valence-corrected chi connectivity index (χ4v) is 6.54. The second-order valence-corrected chi connectivity index (χ2v) is 9.65. The van der Waals surface area contributed by atoms with Crippen LogP contribution in [0.3, 0.4) is 0 Å². The number of hydrogen-bond acceptors (Lipinski definition) is 0. The zero-order valence-electron chi connectivity index (χ0n) is 16.8. The van der Waals surface area contributed by atoms with Crippen molar-refractivity contribution in [2.24, 2.45) is 22.7 Å². The highest BCUT2D eigenvalue weighted by atomic mass is 14.5. The molecule has 0 saturated heterocycles. The van der Waals surface area contributed by atoms with Gasteiger partial charge in [0, 0.05) is 0 Å². The van der Waals surface area contributed by atoms with E-state index in [1.165, 1.54) is 96.3 Å². The van der Waals surface area contributed by atoms with E-state index in [4.69, 9.17) is 0 Å². The fraction of sp³-hybridized carbons (Fsp3) is 1.00. The minimum Gasteiger partial charge on any atom is -0.0654 e. The van der Waals surface area contributed by atoms with Crippen LogP contribution >= 0.6 is 0 Å². The molecule has 2 rings (SSSR count). The molecular weight excluding hydrogens is 276 g/mol. The smallest absolute Gasteiger partial charge is 0.0292 e. The van der Waals surface area contributed by atoms with Gasteiger partial charge >= 0.3 is 0 Å². The van der Waals surface area contributed by atoms with E-state index in [0.717, 1.165) is 11.8 Å². The van der Waals surface area contributed by atoms with Crippen molar-refractivity contribution in [3.05, 3.63) is 0 Å². The summed E-state index contributed by atoms with van der Waals surface area (Å²) in [5.41, 5.74) is 1.22. The SMILES string of the molecule is CCCC(C)(CC(C)(CCC)C1CCCCC1)C1CCCCC1. The van der Waals surface area contributed by atoms with Crippen LogP contribution in [0.2, 0.25) is 0 Å². The van der Waals surface area contributed by atoms with E-state index in [-0.39, 0.29) is 0 Å². The van der Waals surface area contributed by atoms with Crippen LogP contribution in [0.25, 0.3) is 0 Å². The van der Waals surface area contributed by atoms with E-state index >= 15 is 0 Å². The quantitative estimate of drug-likeness (QED) is 0.423. The molecule has 0 aromatic rings. The lowest BCUT2D eigenvalue weighted by molar-refractivity contribution is 0.00941. The highest BCUT2D eigenvalue weighted by molar-refractivity contribution is 4.94. The van der Waals surface area contributed by atoms with E-state index in [0.29, 0.717) is 10.8 Å². The molecule has 0 aromatic carbocycles. The summed E-state index contributed by atoms with van der Waals surface area (Å²) in [6.45, 7) is 10.2. The zero-order valence-corrected chi connectivity index (χ0v) is 16.8. The Morgan fingerprint density at radius 1 is 0.609 bits per heavy atom. The third-order valence-corrected chi connectivity index (χ3v) is 7.63. The Bertz CT molecular complexity index is 289. The maximum atomic E-state index is 2.68. The van der Waals surface area contributed by atoms with Gasteiger partial charge in [0.2, 0.25) is 0 Å². The summed E-state index contributed by atoms with van der Waals surface area (Å²) in [7, 11) is 0. The molecule has 2 atom stereocenters. The van der Waals surface area contributed by atoms with Gasteiger partial charge in [0.05, 0.1) is 0 Å². The molecule has 2 saturated carbocycles. The molecule has 0 aliphatic heterocycles. The monoisotopic (exact) mass is 320 g/mol. The third kappa shape index (κ3) is 4.99. The van der Waals surface area contributed by atoms with Crippen LogP contribution in [0.5, 0.6) is 0 Å². The van der Waals surface area contributed by atoms with E-state index in [2.05, 4.69) is 27.7 Å². The minimum atomic E-state index is 0.608. The normalized spacial score (nSPS) is 26.6. The van der Waals surface area contributed by atoms with Gasteiger partial charge in [-0.3, -0.25) is 0 Å². The Hall–Kier alpha value is 0. The standard InChI is InChI=1S/C23H44/c1-5-17-22(3,20-13-9-7-10-14-20)19-23(4,18-6-2)21-15-11-8-12-16-21/h20-21H,5-19H2,1-4H3. The van der Waals surface area contributed by atoms with Crippen LogP contribution in [-0.2, 0) is 0 Å². The minimum absolute atomic E-state index is 0.608. The first kappa shape index (κ1) is 19.3. The molecule has 2 aliphatic rings. The first-order chi connectivity index (χ1) is 11.0. The molecule has 0 bridgehead atoms. The summed E-state index contributed by atoms with van der Waals surface area (Å²) >= 11 is 0. The molecule has 0 heteroatoms. The van der Waals surface area contributed by atoms with Gasteiger partial charge in [0.15, 0.2) is 0 Å². The average molecular weight is 321 g/mol. The fourth-order valence-electron chi connectivity index (χ4n) is 6.54. The molecule has 23 heavy (non-hydrogen) atoms. The summed E-state index contributed by atoms with van der Waals surface area (Å²) in [4.78, 5) is 0. The van der Waals surface area contributed by atoms with Gasteiger partial charge in [-0.15, -0.1) is 0 Å². The van der Waals surface area contributed by atoms with Crippen LogP contribution < -0.4 is 0 Å². The molecule has 2 aliphatic carbocycles. The van der Waals surface area contributed by atoms with Crippen molar-refractivity contribution in [3.8, 4) is 0 Å². The van der Waals surface area contributed by atoms with Crippen LogP contribution in [0.1, 0.15) is 124 Å². The van der Waals surface area contributed by atoms with Gasteiger partial charge in [0.25, 0.3) is 0 Å². The van der Waals surface area contributed by atoms with Crippen molar-refractivity contribution in [1.82, 2.24) is 0 Å². The lowest BCUT2D eigenvalue weighted by Crippen LogP contribution is -2.39. The summed E-state index contributed by atoms with van der Waals surface area (Å²) in [6, 6.07) is 0. The van der Waals surface area contributed by atoms with E-state index in [1.807, 2.05) is 0 Å². The number of hydrogen-bond donors (Lipinski definition) is 0. The maximum absolute atomic E-state index is 2.68. The van der Waals surface area contributed by atoms with E-state index in [9.17, 15) is 0 Å². The predicted octanol–water partition coefficient (Wildman–Crippen LogP) is 8.15. The predicted molar refractivity (Wildman–Crippen MR) is 104 cm³/mol. The van der Waals surface area contributed by atoms with Crippen molar-refractivity contribution in [1.29, 1.82) is 0 Å². The topological polar surface area (TPSA) is 0 Å². The Morgan fingerprint density at radius 3 is 1.26 bits per heavy atom. The van der Waals surface area contributed by atoms with Crippen molar-refractivity contribution in [3.63, 3.8) is 0 Å². The Morgan fingerprint density at radius 2 is 0.957 bits per heavy atom. The molecule has 2 fully saturated rings. The van der Waals surface area contributed by atoms with Crippen molar-refractivity contribution in [2.45, 2.75) is 124 Å². The molecule has 0 heterocycles. The third-order valence-electron chi connectivity index (χ3n) is 7.63. The molecule has 136 valence electrons. The lowest BCUT2D eigenvalue weighted by Gasteiger charge is -2.49. The summed E-state index contributed by atoms with van der Waals surface area (Å²) in [5, 5.41) is 0. The van der Waals surface area contributed by atoms with Gasteiger partial charge in [-0.05, 0) is 67.6 Å². The first-order valence-electron chi connectivity index (χ1n) is 11.0. The zero-order chi connectivity index (χ0) is 16.8. The molecule has 0 spiro atoms. The molecule has 0 aromatic heterocycles. The molecule has 0 N–H and O–H groups in total. The number of rotatable bonds is 8. The Kier molecular flexibility index (Phi) is 7.49. The van der Waals surface area contributed by atoms with Crippen LogP contribution in [-0.4, -0.2) is 0 Å². The molecular formula is C23H44. The van der Waals surface area contributed by atoms with E-state index in [1.54, 1.807) is 0 Å². The highest BCUT2D eigenvalue weighted by Gasteiger charge is 2.43. The first-order valence-corrected chi connectivity index (χ1v) is 11.0. The van der Waals surface area contributed by atoms with Gasteiger partial charge in [-0.2, -0.15) is 0 Å². The van der Waals surface area contributed by atoms with Gasteiger partial charge in [-0.1, -0.05) is 79.1 Å². The average Bonchev–Trinajstić information content (AvgIpc) is 2.57. The van der Waals surface area contributed by atoms with E-state index < -0.39 is 0 Å². The van der Waals surface area contributed by atoms with Crippen molar-refractivity contribution >= 4 is 0 Å². The molecule has 0 nitrogen and oxygen atoms in total. The van der Waals surface area contributed by atoms with Gasteiger partial charge in [0.1, 0.15) is 0 Å². The van der Waals surface area contributed by atoms with Gasteiger partial charge in [-0.25, -0.2) is 0 Å². The largest absolute Gasteiger partial charge is 0.0654 e. The lowest BCUT2D eigenvalue weighted by atomic mass is 9.56. The van der Waals surface area contributed by atoms with Crippen molar-refractivity contribution < 1.29 is 0 Å². The summed E-state index contributed by atoms with van der Waals surface area (Å²) in [6.07, 6.45) is 22.2. The molecule has 0 radical (unpaired) electrons. The Labute approximate surface area is 147 Å². The second kappa shape index (κ2) is 8.91. The van der Waals surface area contributed by atoms with Crippen molar-refractivity contribution in [2.75, 3.05) is 0 Å². The van der Waals surface area contributed by atoms with Crippen LogP contribution in [0.15, 0.2) is 0 Å². The maximum Gasteiger partial charge on any atom is -0.0292 e. The Balaban J connectivity index is 2.15. The van der Waals surface area contributed by atoms with Crippen LogP contribution in [0.4, 0.5) is 0 Å². The summed E-state index contributed by atoms with van der Waals surface area (Å²) in [5.74, 6) is 2.02.